The van der Waals surface area contributed by atoms with Gasteiger partial charge in [-0.15, -0.1) is 0 Å². The minimum Gasteiger partial charge on any atom is -0.322 e. The molecule has 0 bridgehead atoms. The van der Waals surface area contributed by atoms with Crippen molar-refractivity contribution in [3.05, 3.63) is 58.1 Å². The van der Waals surface area contributed by atoms with E-state index < -0.39 is 21.8 Å². The Morgan fingerprint density at radius 2 is 1.64 bits per heavy atom. The second-order valence-corrected chi connectivity index (χ2v) is 8.19. The first-order chi connectivity index (χ1) is 11.8. The Kier molecular flexibility index (Phi) is 4.73. The van der Waals surface area contributed by atoms with Crippen LogP contribution in [0, 0.1) is 0 Å². The van der Waals surface area contributed by atoms with Crippen LogP contribution in [-0.2, 0) is 14.8 Å². The van der Waals surface area contributed by atoms with Crippen LogP contribution in [0.1, 0.15) is 16.8 Å². The number of anilines is 2. The highest BCUT2D eigenvalue weighted by molar-refractivity contribution is 7.94. The van der Waals surface area contributed by atoms with Crippen molar-refractivity contribution in [1.82, 2.24) is 0 Å². The maximum absolute atomic E-state index is 12.3. The molecule has 130 valence electrons. The molecule has 1 aliphatic heterocycles. The lowest BCUT2D eigenvalue weighted by Crippen LogP contribution is -2.29. The second kappa shape index (κ2) is 6.67. The lowest BCUT2D eigenvalue weighted by atomic mass is 10.2. The van der Waals surface area contributed by atoms with E-state index in [9.17, 15) is 18.0 Å². The molecule has 1 fully saturated rings. The third-order valence-corrected chi connectivity index (χ3v) is 5.69. The van der Waals surface area contributed by atoms with Gasteiger partial charge in [-0.2, -0.15) is 0 Å². The van der Waals surface area contributed by atoms with E-state index in [1.807, 2.05) is 0 Å². The SMILES string of the molecule is O=C(Nc1cc(Cl)cc(Cl)c1)c1ccc(N2C(=O)CCS2(=O)=O)cc1. The molecule has 0 radical (unpaired) electrons. The van der Waals surface area contributed by atoms with Crippen molar-refractivity contribution in [3.63, 3.8) is 0 Å². The number of carbonyl (C=O) groups is 2. The van der Waals surface area contributed by atoms with Gasteiger partial charge in [0.05, 0.1) is 11.4 Å². The molecular formula is C16H12Cl2N2O4S. The zero-order valence-electron chi connectivity index (χ0n) is 12.7. The van der Waals surface area contributed by atoms with Crippen molar-refractivity contribution in [3.8, 4) is 0 Å². The fourth-order valence-corrected chi connectivity index (χ4v) is 4.43. The number of sulfonamides is 1. The minimum atomic E-state index is -3.63. The molecule has 3 rings (SSSR count). The maximum atomic E-state index is 12.3. The number of carbonyl (C=O) groups excluding carboxylic acids is 2. The van der Waals surface area contributed by atoms with E-state index >= 15 is 0 Å². The normalized spacial score (nSPS) is 16.1. The quantitative estimate of drug-likeness (QED) is 0.859. The number of benzene rings is 2. The Morgan fingerprint density at radius 1 is 1.04 bits per heavy atom. The van der Waals surface area contributed by atoms with E-state index in [1.54, 1.807) is 18.2 Å². The third kappa shape index (κ3) is 3.78. The minimum absolute atomic E-state index is 0.0416. The predicted octanol–water partition coefficient (Wildman–Crippen LogP) is 3.31. The van der Waals surface area contributed by atoms with Gasteiger partial charge in [0.15, 0.2) is 0 Å². The summed E-state index contributed by atoms with van der Waals surface area (Å²) in [7, 11) is -3.63. The van der Waals surface area contributed by atoms with Gasteiger partial charge in [-0.3, -0.25) is 9.59 Å². The molecule has 0 aliphatic carbocycles. The highest BCUT2D eigenvalue weighted by Crippen LogP contribution is 2.26. The number of nitrogens with one attached hydrogen (secondary N) is 1. The topological polar surface area (TPSA) is 83.6 Å². The van der Waals surface area contributed by atoms with Crippen molar-refractivity contribution in [1.29, 1.82) is 0 Å². The number of hydrogen-bond donors (Lipinski definition) is 1. The number of halogens is 2. The highest BCUT2D eigenvalue weighted by atomic mass is 35.5. The van der Waals surface area contributed by atoms with Crippen LogP contribution >= 0.6 is 23.2 Å². The largest absolute Gasteiger partial charge is 0.322 e. The summed E-state index contributed by atoms with van der Waals surface area (Å²) in [6.07, 6.45) is -0.0416. The van der Waals surface area contributed by atoms with Crippen LogP contribution in [0.2, 0.25) is 10.0 Å². The van der Waals surface area contributed by atoms with Gasteiger partial charge in [0.25, 0.3) is 5.91 Å². The number of amides is 2. The van der Waals surface area contributed by atoms with Crippen molar-refractivity contribution < 1.29 is 18.0 Å². The summed E-state index contributed by atoms with van der Waals surface area (Å²) in [5.41, 5.74) is 0.942. The second-order valence-electron chi connectivity index (χ2n) is 5.38. The summed E-state index contributed by atoms with van der Waals surface area (Å²) < 4.78 is 24.6. The van der Waals surface area contributed by atoms with Gasteiger partial charge >= 0.3 is 0 Å². The molecule has 25 heavy (non-hydrogen) atoms. The lowest BCUT2D eigenvalue weighted by molar-refractivity contribution is -0.116. The van der Waals surface area contributed by atoms with Crippen LogP contribution < -0.4 is 9.62 Å². The number of hydrogen-bond acceptors (Lipinski definition) is 4. The molecule has 1 heterocycles. The third-order valence-electron chi connectivity index (χ3n) is 3.56. The van der Waals surface area contributed by atoms with Crippen molar-refractivity contribution in [2.45, 2.75) is 6.42 Å². The Labute approximate surface area is 154 Å². The monoisotopic (exact) mass is 398 g/mol. The Hall–Kier alpha value is -2.09. The zero-order valence-corrected chi connectivity index (χ0v) is 15.0. The Morgan fingerprint density at radius 3 is 2.16 bits per heavy atom. The van der Waals surface area contributed by atoms with Crippen molar-refractivity contribution in [2.24, 2.45) is 0 Å². The van der Waals surface area contributed by atoms with Crippen LogP contribution in [-0.4, -0.2) is 26.0 Å². The van der Waals surface area contributed by atoms with E-state index in [0.717, 1.165) is 4.31 Å². The molecule has 1 aliphatic rings. The van der Waals surface area contributed by atoms with Gasteiger partial charge in [-0.25, -0.2) is 12.7 Å². The summed E-state index contributed by atoms with van der Waals surface area (Å²) in [4.78, 5) is 24.0. The fourth-order valence-electron chi connectivity index (χ4n) is 2.45. The van der Waals surface area contributed by atoms with E-state index in [0.29, 0.717) is 21.3 Å². The molecule has 0 spiro atoms. The van der Waals surface area contributed by atoms with Crippen molar-refractivity contribution >= 4 is 56.4 Å². The Bertz CT molecular complexity index is 938. The first-order valence-electron chi connectivity index (χ1n) is 7.19. The summed E-state index contributed by atoms with van der Waals surface area (Å²) in [6.45, 7) is 0. The van der Waals surface area contributed by atoms with Crippen LogP contribution in [0.4, 0.5) is 11.4 Å². The molecule has 1 saturated heterocycles. The average molecular weight is 399 g/mol. The molecule has 0 atom stereocenters. The predicted molar refractivity (Wildman–Crippen MR) is 96.7 cm³/mol. The maximum Gasteiger partial charge on any atom is 0.255 e. The standard InChI is InChI=1S/C16H12Cl2N2O4S/c17-11-7-12(18)9-13(8-11)19-16(22)10-1-3-14(4-2-10)20-15(21)5-6-25(20,23)24/h1-4,7-9H,5-6H2,(H,19,22). The van der Waals surface area contributed by atoms with E-state index in [4.69, 9.17) is 23.2 Å². The molecular weight excluding hydrogens is 387 g/mol. The van der Waals surface area contributed by atoms with Gasteiger partial charge in [0, 0.05) is 27.7 Å². The molecule has 2 aromatic carbocycles. The fraction of sp³-hybridized carbons (Fsp3) is 0.125. The van der Waals surface area contributed by atoms with E-state index in [2.05, 4.69) is 5.32 Å². The summed E-state index contributed by atoms with van der Waals surface area (Å²) in [5.74, 6) is -1.10. The summed E-state index contributed by atoms with van der Waals surface area (Å²) in [5, 5.41) is 3.42. The first kappa shape index (κ1) is 17.7. The van der Waals surface area contributed by atoms with Gasteiger partial charge in [0.2, 0.25) is 15.9 Å². The molecule has 0 aromatic heterocycles. The van der Waals surface area contributed by atoms with Gasteiger partial charge in [-0.1, -0.05) is 23.2 Å². The average Bonchev–Trinajstić information content (AvgIpc) is 2.79. The molecule has 2 amide bonds. The van der Waals surface area contributed by atoms with Crippen molar-refractivity contribution in [2.75, 3.05) is 15.4 Å². The molecule has 1 N–H and O–H groups in total. The molecule has 0 unspecified atom stereocenters. The molecule has 2 aromatic rings. The highest BCUT2D eigenvalue weighted by Gasteiger charge is 2.36. The smallest absolute Gasteiger partial charge is 0.255 e. The van der Waals surface area contributed by atoms with Crippen LogP contribution in [0.3, 0.4) is 0 Å². The van der Waals surface area contributed by atoms with Gasteiger partial charge < -0.3 is 5.32 Å². The first-order valence-corrected chi connectivity index (χ1v) is 9.56. The summed E-state index contributed by atoms with van der Waals surface area (Å²) >= 11 is 11.8. The molecule has 9 heteroatoms. The lowest BCUT2D eigenvalue weighted by Gasteiger charge is -2.15. The summed E-state index contributed by atoms with van der Waals surface area (Å²) in [6, 6.07) is 10.4. The van der Waals surface area contributed by atoms with E-state index in [1.165, 1.54) is 24.3 Å². The van der Waals surface area contributed by atoms with E-state index in [-0.39, 0.29) is 17.9 Å². The zero-order chi connectivity index (χ0) is 18.2. The molecule has 6 nitrogen and oxygen atoms in total. The van der Waals surface area contributed by atoms with Crippen LogP contribution in [0.15, 0.2) is 42.5 Å². The van der Waals surface area contributed by atoms with Crippen LogP contribution in [0.25, 0.3) is 0 Å². The number of rotatable bonds is 3. The van der Waals surface area contributed by atoms with Crippen LogP contribution in [0.5, 0.6) is 0 Å². The Balaban J connectivity index is 1.80. The van der Waals surface area contributed by atoms with Gasteiger partial charge in [0.1, 0.15) is 0 Å². The number of nitrogens with zero attached hydrogens (tertiary/aromatic N) is 1. The molecule has 0 saturated carbocycles. The van der Waals surface area contributed by atoms with Gasteiger partial charge in [-0.05, 0) is 42.5 Å².